The molecular weight excluding hydrogens is 444 g/mol. The predicted molar refractivity (Wildman–Crippen MR) is 127 cm³/mol. The van der Waals surface area contributed by atoms with Gasteiger partial charge in [0.15, 0.2) is 11.0 Å². The lowest BCUT2D eigenvalue weighted by atomic mass is 10.2. The van der Waals surface area contributed by atoms with Crippen LogP contribution < -0.4 is 5.32 Å². The summed E-state index contributed by atoms with van der Waals surface area (Å²) >= 11 is 7.67. The van der Waals surface area contributed by atoms with Crippen LogP contribution >= 0.6 is 23.4 Å². The van der Waals surface area contributed by atoms with Crippen LogP contribution in [0, 0.1) is 6.92 Å². The number of aromatic nitrogens is 3. The summed E-state index contributed by atoms with van der Waals surface area (Å²) < 4.78 is 7.54. The lowest BCUT2D eigenvalue weighted by molar-refractivity contribution is -0.120. The fourth-order valence-corrected chi connectivity index (χ4v) is 4.36. The molecule has 4 rings (SSSR count). The molecule has 0 saturated heterocycles. The third-order valence-corrected chi connectivity index (χ3v) is 6.33. The van der Waals surface area contributed by atoms with Crippen LogP contribution in [0.1, 0.15) is 23.3 Å². The number of nitrogens with one attached hydrogen (secondary N) is 1. The molecule has 4 aromatic rings. The van der Waals surface area contributed by atoms with Crippen molar-refractivity contribution >= 4 is 29.3 Å². The molecule has 6 nitrogen and oxygen atoms in total. The smallest absolute Gasteiger partial charge is 0.221 e. The molecule has 1 amide bonds. The number of halogens is 1. The molecule has 0 fully saturated rings. The number of furan rings is 1. The zero-order valence-corrected chi connectivity index (χ0v) is 19.2. The minimum Gasteiger partial charge on any atom is -0.469 e. The van der Waals surface area contributed by atoms with Crippen molar-refractivity contribution in [2.24, 2.45) is 0 Å². The fourth-order valence-electron chi connectivity index (χ4n) is 3.28. The number of aryl methyl sites for hydroxylation is 1. The normalized spacial score (nSPS) is 10.9. The third-order valence-electron chi connectivity index (χ3n) is 4.99. The van der Waals surface area contributed by atoms with Gasteiger partial charge in [-0.2, -0.15) is 0 Å². The first-order valence-corrected chi connectivity index (χ1v) is 11.6. The highest BCUT2D eigenvalue weighted by atomic mass is 35.5. The monoisotopic (exact) mass is 466 g/mol. The Kier molecular flexibility index (Phi) is 7.29. The number of amides is 1. The van der Waals surface area contributed by atoms with Crippen molar-refractivity contribution in [3.63, 3.8) is 0 Å². The maximum absolute atomic E-state index is 12.3. The van der Waals surface area contributed by atoms with Gasteiger partial charge in [0.2, 0.25) is 5.91 Å². The van der Waals surface area contributed by atoms with Gasteiger partial charge in [0, 0.05) is 23.7 Å². The Hall–Kier alpha value is -3.03. The van der Waals surface area contributed by atoms with E-state index in [1.54, 1.807) is 6.26 Å². The van der Waals surface area contributed by atoms with Crippen LogP contribution in [0.5, 0.6) is 0 Å². The second kappa shape index (κ2) is 10.5. The Morgan fingerprint density at radius 1 is 1.09 bits per heavy atom. The number of hydrogen-bond acceptors (Lipinski definition) is 5. The van der Waals surface area contributed by atoms with Gasteiger partial charge in [0.25, 0.3) is 0 Å². The number of hydrogen-bond donors (Lipinski definition) is 1. The number of thioether (sulfide) groups is 1. The Morgan fingerprint density at radius 2 is 1.88 bits per heavy atom. The molecule has 32 heavy (non-hydrogen) atoms. The summed E-state index contributed by atoms with van der Waals surface area (Å²) in [5.74, 6) is 2.11. The van der Waals surface area contributed by atoms with Crippen LogP contribution in [-0.2, 0) is 17.9 Å². The van der Waals surface area contributed by atoms with E-state index in [4.69, 9.17) is 16.0 Å². The van der Waals surface area contributed by atoms with Gasteiger partial charge in [-0.3, -0.25) is 9.36 Å². The standard InChI is InChI=1S/C24H23ClN4O2S/c1-17-20(11-13-31-17)23-27-28-24(29(23)16-18-7-3-2-4-8-18)32-14-12-22(30)26-15-19-9-5-6-10-21(19)25/h2-11,13H,12,14-16H2,1H3,(H,26,30). The van der Waals surface area contributed by atoms with E-state index in [1.807, 2.05) is 55.5 Å². The van der Waals surface area contributed by atoms with Crippen LogP contribution in [-0.4, -0.2) is 26.4 Å². The van der Waals surface area contributed by atoms with E-state index in [9.17, 15) is 4.79 Å². The van der Waals surface area contributed by atoms with Crippen molar-refractivity contribution < 1.29 is 9.21 Å². The van der Waals surface area contributed by atoms with Gasteiger partial charge in [0.05, 0.1) is 18.4 Å². The molecule has 0 bridgehead atoms. The SMILES string of the molecule is Cc1occc1-c1nnc(SCCC(=O)NCc2ccccc2Cl)n1Cc1ccccc1. The fraction of sp³-hybridized carbons (Fsp3) is 0.208. The highest BCUT2D eigenvalue weighted by Gasteiger charge is 2.18. The van der Waals surface area contributed by atoms with E-state index in [1.165, 1.54) is 11.8 Å². The summed E-state index contributed by atoms with van der Waals surface area (Å²) in [6, 6.07) is 19.6. The third kappa shape index (κ3) is 5.41. The van der Waals surface area contributed by atoms with Crippen molar-refractivity contribution in [2.75, 3.05) is 5.75 Å². The maximum Gasteiger partial charge on any atom is 0.221 e. The topological polar surface area (TPSA) is 72.9 Å². The second-order valence-corrected chi connectivity index (χ2v) is 8.70. The summed E-state index contributed by atoms with van der Waals surface area (Å²) in [7, 11) is 0. The molecule has 1 N–H and O–H groups in total. The summed E-state index contributed by atoms with van der Waals surface area (Å²) in [5.41, 5.74) is 2.96. The van der Waals surface area contributed by atoms with Gasteiger partial charge < -0.3 is 9.73 Å². The van der Waals surface area contributed by atoms with Gasteiger partial charge in [-0.15, -0.1) is 10.2 Å². The van der Waals surface area contributed by atoms with Gasteiger partial charge >= 0.3 is 0 Å². The van der Waals surface area contributed by atoms with Gasteiger partial charge in [-0.05, 0) is 30.2 Å². The largest absolute Gasteiger partial charge is 0.469 e. The van der Waals surface area contributed by atoms with Crippen molar-refractivity contribution in [3.8, 4) is 11.4 Å². The molecule has 2 aromatic carbocycles. The lowest BCUT2D eigenvalue weighted by Gasteiger charge is -2.10. The Morgan fingerprint density at radius 3 is 2.62 bits per heavy atom. The molecule has 0 atom stereocenters. The minimum atomic E-state index is -0.0301. The highest BCUT2D eigenvalue weighted by Crippen LogP contribution is 2.28. The van der Waals surface area contributed by atoms with E-state index in [2.05, 4.69) is 32.2 Å². The molecule has 0 aliphatic carbocycles. The first kappa shape index (κ1) is 22.2. The van der Waals surface area contributed by atoms with Crippen LogP contribution in [0.25, 0.3) is 11.4 Å². The van der Waals surface area contributed by atoms with Crippen molar-refractivity contribution in [3.05, 3.63) is 88.8 Å². The molecule has 8 heteroatoms. The zero-order chi connectivity index (χ0) is 22.3. The van der Waals surface area contributed by atoms with E-state index >= 15 is 0 Å². The van der Waals surface area contributed by atoms with Crippen LogP contribution in [0.3, 0.4) is 0 Å². The summed E-state index contributed by atoms with van der Waals surface area (Å²) in [6.07, 6.45) is 2.02. The zero-order valence-electron chi connectivity index (χ0n) is 17.6. The second-order valence-electron chi connectivity index (χ2n) is 7.23. The Bertz CT molecular complexity index is 1190. The van der Waals surface area contributed by atoms with Gasteiger partial charge in [-0.1, -0.05) is 71.9 Å². The van der Waals surface area contributed by atoms with Crippen LogP contribution in [0.2, 0.25) is 5.02 Å². The molecule has 0 aliphatic heterocycles. The number of benzene rings is 2. The molecule has 2 heterocycles. The van der Waals surface area contributed by atoms with Crippen molar-refractivity contribution in [2.45, 2.75) is 31.6 Å². The predicted octanol–water partition coefficient (Wildman–Crippen LogP) is 5.35. The Labute approximate surface area is 196 Å². The quantitative estimate of drug-likeness (QED) is 0.337. The van der Waals surface area contributed by atoms with E-state index in [0.29, 0.717) is 30.3 Å². The molecule has 164 valence electrons. The lowest BCUT2D eigenvalue weighted by Crippen LogP contribution is -2.23. The van der Waals surface area contributed by atoms with E-state index in [-0.39, 0.29) is 5.91 Å². The molecule has 0 spiro atoms. The summed E-state index contributed by atoms with van der Waals surface area (Å²) in [6.45, 7) is 2.96. The average molecular weight is 467 g/mol. The molecule has 2 aromatic heterocycles. The first-order valence-electron chi connectivity index (χ1n) is 10.3. The van der Waals surface area contributed by atoms with E-state index < -0.39 is 0 Å². The first-order chi connectivity index (χ1) is 15.6. The Balaban J connectivity index is 1.41. The van der Waals surface area contributed by atoms with Crippen molar-refractivity contribution in [1.82, 2.24) is 20.1 Å². The summed E-state index contributed by atoms with van der Waals surface area (Å²) in [4.78, 5) is 12.3. The number of nitrogens with zero attached hydrogens (tertiary/aromatic N) is 3. The van der Waals surface area contributed by atoms with Crippen molar-refractivity contribution in [1.29, 1.82) is 0 Å². The maximum atomic E-state index is 12.3. The highest BCUT2D eigenvalue weighted by molar-refractivity contribution is 7.99. The van der Waals surface area contributed by atoms with Gasteiger partial charge in [0.1, 0.15) is 5.76 Å². The van der Waals surface area contributed by atoms with Crippen LogP contribution in [0.15, 0.2) is 76.5 Å². The summed E-state index contributed by atoms with van der Waals surface area (Å²) in [5, 5.41) is 13.2. The molecule has 0 unspecified atom stereocenters. The van der Waals surface area contributed by atoms with E-state index in [0.717, 1.165) is 33.4 Å². The molecule has 0 radical (unpaired) electrons. The molecular formula is C24H23ClN4O2S. The van der Waals surface area contributed by atoms with Crippen LogP contribution in [0.4, 0.5) is 0 Å². The number of carbonyl (C=O) groups excluding carboxylic acids is 1. The van der Waals surface area contributed by atoms with Gasteiger partial charge in [-0.25, -0.2) is 0 Å². The average Bonchev–Trinajstić information content (AvgIpc) is 3.39. The minimum absolute atomic E-state index is 0.0301. The molecule has 0 aliphatic rings. The number of rotatable bonds is 9. The molecule has 0 saturated carbocycles. The number of carbonyl (C=O) groups is 1.